The number of aromatic nitrogens is 3. The van der Waals surface area contributed by atoms with Crippen molar-refractivity contribution in [2.75, 3.05) is 37.9 Å². The lowest BCUT2D eigenvalue weighted by Gasteiger charge is -2.25. The molecule has 0 saturated heterocycles. The van der Waals surface area contributed by atoms with E-state index < -0.39 is 5.60 Å². The standard InChI is InChI=1S/C25H34N6O3/c1-7-19-8-10-31-23(27-19)20(14-26-31)24(33)28-21-12-17(15-30(6)11-9-25(2,3)34)18(16-32)13-22(21)29(4)5/h8,10,12-14,16,34H,7,9,11,15H2,1-6H3,(H,28,33). The Bertz CT molecular complexity index is 1180. The summed E-state index contributed by atoms with van der Waals surface area (Å²) in [5, 5.41) is 17.3. The molecule has 0 aliphatic carbocycles. The van der Waals surface area contributed by atoms with Gasteiger partial charge in [0.05, 0.1) is 23.2 Å². The van der Waals surface area contributed by atoms with Crippen molar-refractivity contribution in [2.24, 2.45) is 0 Å². The van der Waals surface area contributed by atoms with Crippen molar-refractivity contribution in [3.63, 3.8) is 0 Å². The lowest BCUT2D eigenvalue weighted by atomic mass is 10.0. The van der Waals surface area contributed by atoms with Crippen LogP contribution in [0.5, 0.6) is 0 Å². The summed E-state index contributed by atoms with van der Waals surface area (Å²) in [6, 6.07) is 5.50. The number of aldehydes is 1. The molecule has 0 aliphatic rings. The largest absolute Gasteiger partial charge is 0.390 e. The van der Waals surface area contributed by atoms with Gasteiger partial charge in [-0.15, -0.1) is 0 Å². The maximum absolute atomic E-state index is 13.2. The van der Waals surface area contributed by atoms with E-state index >= 15 is 0 Å². The van der Waals surface area contributed by atoms with Crippen molar-refractivity contribution in [2.45, 2.75) is 45.8 Å². The first kappa shape index (κ1) is 25.3. The van der Waals surface area contributed by atoms with E-state index in [2.05, 4.69) is 15.4 Å². The van der Waals surface area contributed by atoms with Crippen LogP contribution in [0.4, 0.5) is 11.4 Å². The molecule has 0 spiro atoms. The van der Waals surface area contributed by atoms with Gasteiger partial charge in [0.25, 0.3) is 5.91 Å². The number of aliphatic hydroxyl groups is 1. The molecule has 1 amide bonds. The van der Waals surface area contributed by atoms with E-state index in [0.29, 0.717) is 42.0 Å². The third-order valence-electron chi connectivity index (χ3n) is 5.69. The number of rotatable bonds is 10. The van der Waals surface area contributed by atoms with Gasteiger partial charge in [-0.25, -0.2) is 9.50 Å². The molecule has 2 heterocycles. The van der Waals surface area contributed by atoms with Gasteiger partial charge in [0.15, 0.2) is 5.65 Å². The highest BCUT2D eigenvalue weighted by molar-refractivity contribution is 6.09. The molecule has 2 aromatic heterocycles. The summed E-state index contributed by atoms with van der Waals surface area (Å²) < 4.78 is 1.58. The second kappa shape index (κ2) is 10.3. The molecule has 0 saturated carbocycles. The monoisotopic (exact) mass is 466 g/mol. The molecule has 9 heteroatoms. The second-order valence-electron chi connectivity index (χ2n) is 9.43. The van der Waals surface area contributed by atoms with Gasteiger partial charge < -0.3 is 20.2 Å². The molecular weight excluding hydrogens is 432 g/mol. The van der Waals surface area contributed by atoms with Crippen molar-refractivity contribution in [1.29, 1.82) is 0 Å². The summed E-state index contributed by atoms with van der Waals surface area (Å²) in [5.74, 6) is -0.320. The maximum atomic E-state index is 13.2. The zero-order chi connectivity index (χ0) is 25.0. The molecule has 182 valence electrons. The number of nitrogens with zero attached hydrogens (tertiary/aromatic N) is 5. The predicted octanol–water partition coefficient (Wildman–Crippen LogP) is 3.02. The first-order valence-electron chi connectivity index (χ1n) is 11.4. The van der Waals surface area contributed by atoms with Crippen LogP contribution in [0.15, 0.2) is 30.6 Å². The van der Waals surface area contributed by atoms with Gasteiger partial charge in [0, 0.05) is 44.6 Å². The van der Waals surface area contributed by atoms with E-state index in [9.17, 15) is 14.7 Å². The van der Waals surface area contributed by atoms with Crippen molar-refractivity contribution in [3.05, 3.63) is 53.0 Å². The average molecular weight is 467 g/mol. The molecule has 0 unspecified atom stereocenters. The summed E-state index contributed by atoms with van der Waals surface area (Å²) in [7, 11) is 5.66. The number of hydrogen-bond donors (Lipinski definition) is 2. The third-order valence-corrected chi connectivity index (χ3v) is 5.69. The zero-order valence-electron chi connectivity index (χ0n) is 20.8. The highest BCUT2D eigenvalue weighted by Gasteiger charge is 2.20. The van der Waals surface area contributed by atoms with Crippen LogP contribution in [-0.4, -0.2) is 70.1 Å². The molecule has 0 fully saturated rings. The number of benzene rings is 1. The Kier molecular flexibility index (Phi) is 7.68. The minimum absolute atomic E-state index is 0.320. The van der Waals surface area contributed by atoms with Gasteiger partial charge in [0.1, 0.15) is 11.8 Å². The van der Waals surface area contributed by atoms with Crippen LogP contribution in [0.1, 0.15) is 59.2 Å². The summed E-state index contributed by atoms with van der Waals surface area (Å²) in [6.07, 6.45) is 5.49. The Morgan fingerprint density at radius 1 is 1.26 bits per heavy atom. The number of fused-ring (bicyclic) bond motifs is 1. The van der Waals surface area contributed by atoms with Crippen LogP contribution in [0.25, 0.3) is 5.65 Å². The van der Waals surface area contributed by atoms with Gasteiger partial charge in [-0.3, -0.25) is 9.59 Å². The summed E-state index contributed by atoms with van der Waals surface area (Å²) >= 11 is 0. The fraction of sp³-hybridized carbons (Fsp3) is 0.440. The minimum atomic E-state index is -0.768. The van der Waals surface area contributed by atoms with Crippen molar-refractivity contribution in [3.8, 4) is 0 Å². The van der Waals surface area contributed by atoms with E-state index in [-0.39, 0.29) is 5.91 Å². The van der Waals surface area contributed by atoms with Crippen molar-refractivity contribution >= 4 is 29.2 Å². The topological polar surface area (TPSA) is 103 Å². The van der Waals surface area contributed by atoms with Crippen LogP contribution >= 0.6 is 0 Å². The quantitative estimate of drug-likeness (QED) is 0.443. The van der Waals surface area contributed by atoms with Gasteiger partial charge in [-0.1, -0.05) is 6.92 Å². The van der Waals surface area contributed by atoms with Gasteiger partial charge in [-0.2, -0.15) is 5.10 Å². The molecule has 0 radical (unpaired) electrons. The normalized spacial score (nSPS) is 11.8. The van der Waals surface area contributed by atoms with E-state index in [1.807, 2.05) is 50.0 Å². The zero-order valence-corrected chi connectivity index (χ0v) is 20.8. The minimum Gasteiger partial charge on any atom is -0.390 e. The summed E-state index contributed by atoms with van der Waals surface area (Å²) in [5.41, 5.74) is 3.65. The Balaban J connectivity index is 1.92. The van der Waals surface area contributed by atoms with Crippen molar-refractivity contribution < 1.29 is 14.7 Å². The fourth-order valence-corrected chi connectivity index (χ4v) is 3.65. The molecule has 2 N–H and O–H groups in total. The van der Waals surface area contributed by atoms with E-state index in [4.69, 9.17) is 0 Å². The fourth-order valence-electron chi connectivity index (χ4n) is 3.65. The first-order chi connectivity index (χ1) is 16.0. The Hall–Kier alpha value is -3.30. The molecule has 1 aromatic carbocycles. The van der Waals surface area contributed by atoms with E-state index in [1.54, 1.807) is 30.6 Å². The van der Waals surface area contributed by atoms with Gasteiger partial charge in [-0.05, 0) is 57.5 Å². The van der Waals surface area contributed by atoms with Crippen LogP contribution in [0.3, 0.4) is 0 Å². The molecule has 34 heavy (non-hydrogen) atoms. The van der Waals surface area contributed by atoms with Crippen LogP contribution in [-0.2, 0) is 13.0 Å². The predicted molar refractivity (Wildman–Crippen MR) is 134 cm³/mol. The first-order valence-corrected chi connectivity index (χ1v) is 11.4. The summed E-state index contributed by atoms with van der Waals surface area (Å²) in [4.78, 5) is 33.5. The van der Waals surface area contributed by atoms with E-state index in [0.717, 1.165) is 29.7 Å². The number of aryl methyl sites for hydroxylation is 1. The molecule has 3 rings (SSSR count). The lowest BCUT2D eigenvalue weighted by Crippen LogP contribution is -2.28. The van der Waals surface area contributed by atoms with Crippen molar-refractivity contribution in [1.82, 2.24) is 19.5 Å². The number of carbonyl (C=O) groups excluding carboxylic acids is 2. The maximum Gasteiger partial charge on any atom is 0.261 e. The van der Waals surface area contributed by atoms with Crippen LogP contribution < -0.4 is 10.2 Å². The van der Waals surface area contributed by atoms with Gasteiger partial charge >= 0.3 is 0 Å². The average Bonchev–Trinajstić information content (AvgIpc) is 3.20. The highest BCUT2D eigenvalue weighted by Crippen LogP contribution is 2.30. The van der Waals surface area contributed by atoms with Gasteiger partial charge in [0.2, 0.25) is 0 Å². The van der Waals surface area contributed by atoms with Crippen LogP contribution in [0.2, 0.25) is 0 Å². The summed E-state index contributed by atoms with van der Waals surface area (Å²) in [6.45, 7) is 6.71. The lowest BCUT2D eigenvalue weighted by molar-refractivity contribution is 0.0599. The van der Waals surface area contributed by atoms with Crippen LogP contribution in [0, 0.1) is 0 Å². The Labute approximate surface area is 200 Å². The molecular formula is C25H34N6O3. The number of hydrogen-bond acceptors (Lipinski definition) is 7. The number of nitrogens with one attached hydrogen (secondary N) is 1. The number of carbonyl (C=O) groups is 2. The molecule has 3 aromatic rings. The second-order valence-corrected chi connectivity index (χ2v) is 9.43. The molecule has 0 bridgehead atoms. The molecule has 9 nitrogen and oxygen atoms in total. The highest BCUT2D eigenvalue weighted by atomic mass is 16.3. The SMILES string of the molecule is CCc1ccn2ncc(C(=O)Nc3cc(CN(C)CCC(C)(C)O)c(C=O)cc3N(C)C)c2n1. The smallest absolute Gasteiger partial charge is 0.261 e. The molecule has 0 atom stereocenters. The number of amides is 1. The number of anilines is 2. The Morgan fingerprint density at radius 3 is 2.62 bits per heavy atom. The third kappa shape index (κ3) is 5.98. The molecule has 0 aliphatic heterocycles. The Morgan fingerprint density at radius 2 is 2.00 bits per heavy atom. The van der Waals surface area contributed by atoms with E-state index in [1.165, 1.54) is 6.20 Å².